The topological polar surface area (TPSA) is 84.5 Å². The fourth-order valence-corrected chi connectivity index (χ4v) is 5.03. The van der Waals surface area contributed by atoms with E-state index < -0.39 is 21.8 Å². The van der Waals surface area contributed by atoms with Crippen LogP contribution in [0.4, 0.5) is 9.39 Å². The molecule has 0 fully saturated rings. The number of rotatable bonds is 4. The number of ether oxygens (including phenoxy) is 1. The van der Waals surface area contributed by atoms with E-state index in [0.717, 1.165) is 22.6 Å². The van der Waals surface area contributed by atoms with E-state index in [-0.39, 0.29) is 15.5 Å². The monoisotopic (exact) mass is 370 g/mol. The molecule has 0 atom stereocenters. The molecule has 9 heteroatoms. The van der Waals surface area contributed by atoms with Crippen LogP contribution in [0.25, 0.3) is 0 Å². The van der Waals surface area contributed by atoms with Gasteiger partial charge < -0.3 is 10.1 Å². The number of esters is 1. The molecule has 1 aromatic heterocycles. The van der Waals surface area contributed by atoms with Crippen LogP contribution in [0.15, 0.2) is 29.2 Å². The fourth-order valence-electron chi connectivity index (χ4n) is 2.52. The number of hydrogen-bond donors (Lipinski definition) is 2. The Bertz CT molecular complexity index is 876. The highest BCUT2D eigenvalue weighted by atomic mass is 32.2. The lowest BCUT2D eigenvalue weighted by atomic mass is 10.0. The van der Waals surface area contributed by atoms with Crippen molar-refractivity contribution >= 4 is 32.3 Å². The minimum Gasteiger partial charge on any atom is -0.465 e. The molecule has 0 bridgehead atoms. The Labute approximate surface area is 142 Å². The standard InChI is InChI=1S/C15H15FN2O4S2/c1-22-15(19)13-11-6-7-17-8-12(11)23-14(13)18-24(20,21)10-4-2-9(16)3-5-10/h2-5,17-18H,6-8H2,1H3. The summed E-state index contributed by atoms with van der Waals surface area (Å²) in [6.07, 6.45) is 0.620. The third-order valence-corrected chi connectivity index (χ3v) is 6.31. The smallest absolute Gasteiger partial charge is 0.341 e. The second-order valence-corrected chi connectivity index (χ2v) is 7.97. The molecule has 2 N–H and O–H groups in total. The number of carbonyl (C=O) groups excluding carboxylic acids is 1. The van der Waals surface area contributed by atoms with Gasteiger partial charge in [-0.1, -0.05) is 0 Å². The highest BCUT2D eigenvalue weighted by molar-refractivity contribution is 7.93. The van der Waals surface area contributed by atoms with Gasteiger partial charge in [-0.25, -0.2) is 17.6 Å². The molecule has 3 rings (SSSR count). The predicted molar refractivity (Wildman–Crippen MR) is 88.3 cm³/mol. The summed E-state index contributed by atoms with van der Waals surface area (Å²) in [6.45, 7) is 1.28. The lowest BCUT2D eigenvalue weighted by molar-refractivity contribution is 0.0601. The summed E-state index contributed by atoms with van der Waals surface area (Å²) in [5.41, 5.74) is 1.06. The molecule has 0 aliphatic carbocycles. The van der Waals surface area contributed by atoms with Crippen molar-refractivity contribution in [3.8, 4) is 0 Å². The Morgan fingerprint density at radius 2 is 2.04 bits per heavy atom. The van der Waals surface area contributed by atoms with E-state index in [4.69, 9.17) is 4.74 Å². The lowest BCUT2D eigenvalue weighted by Crippen LogP contribution is -2.23. The van der Waals surface area contributed by atoms with Crippen LogP contribution in [0.2, 0.25) is 0 Å². The molecule has 128 valence electrons. The summed E-state index contributed by atoms with van der Waals surface area (Å²) in [5, 5.41) is 3.40. The highest BCUT2D eigenvalue weighted by Crippen LogP contribution is 2.37. The molecular weight excluding hydrogens is 355 g/mol. The number of anilines is 1. The van der Waals surface area contributed by atoms with Crippen LogP contribution >= 0.6 is 11.3 Å². The molecular formula is C15H15FN2O4S2. The molecule has 1 aliphatic heterocycles. The Balaban J connectivity index is 2.01. The maximum Gasteiger partial charge on any atom is 0.341 e. The molecule has 2 aromatic rings. The van der Waals surface area contributed by atoms with Crippen LogP contribution in [-0.4, -0.2) is 28.0 Å². The zero-order chi connectivity index (χ0) is 17.3. The Hall–Kier alpha value is -1.97. The summed E-state index contributed by atoms with van der Waals surface area (Å²) in [4.78, 5) is 12.9. The molecule has 1 aliphatic rings. The van der Waals surface area contributed by atoms with Crippen molar-refractivity contribution in [1.82, 2.24) is 5.32 Å². The lowest BCUT2D eigenvalue weighted by Gasteiger charge is -2.13. The number of fused-ring (bicyclic) bond motifs is 1. The number of benzene rings is 1. The molecule has 1 aromatic carbocycles. The summed E-state index contributed by atoms with van der Waals surface area (Å²) in [6, 6.07) is 4.48. The van der Waals surface area contributed by atoms with Gasteiger partial charge in [0.2, 0.25) is 0 Å². The molecule has 0 spiro atoms. The fraction of sp³-hybridized carbons (Fsp3) is 0.267. The van der Waals surface area contributed by atoms with Gasteiger partial charge in [0.1, 0.15) is 10.8 Å². The van der Waals surface area contributed by atoms with E-state index in [2.05, 4.69) is 10.0 Å². The minimum absolute atomic E-state index is 0.0794. The quantitative estimate of drug-likeness (QED) is 0.806. The van der Waals surface area contributed by atoms with Crippen LogP contribution in [0.3, 0.4) is 0 Å². The van der Waals surface area contributed by atoms with Crippen molar-refractivity contribution in [2.24, 2.45) is 0 Å². The van der Waals surface area contributed by atoms with Crippen molar-refractivity contribution in [2.45, 2.75) is 17.9 Å². The van der Waals surface area contributed by atoms with E-state index >= 15 is 0 Å². The average molecular weight is 370 g/mol. The third-order valence-electron chi connectivity index (χ3n) is 3.67. The number of sulfonamides is 1. The van der Waals surface area contributed by atoms with Gasteiger partial charge in [-0.05, 0) is 42.8 Å². The molecule has 0 amide bonds. The molecule has 0 saturated carbocycles. The zero-order valence-corrected chi connectivity index (χ0v) is 14.4. The molecule has 6 nitrogen and oxygen atoms in total. The Kier molecular flexibility index (Phi) is 4.57. The number of thiophene rings is 1. The second-order valence-electron chi connectivity index (χ2n) is 5.19. The van der Waals surface area contributed by atoms with E-state index in [9.17, 15) is 17.6 Å². The van der Waals surface area contributed by atoms with Crippen LogP contribution < -0.4 is 10.0 Å². The molecule has 0 unspecified atom stereocenters. The number of hydrogen-bond acceptors (Lipinski definition) is 6. The van der Waals surface area contributed by atoms with Gasteiger partial charge in [0.05, 0.1) is 17.6 Å². The summed E-state index contributed by atoms with van der Waals surface area (Å²) in [7, 11) is -2.67. The van der Waals surface area contributed by atoms with E-state index in [1.165, 1.54) is 30.6 Å². The van der Waals surface area contributed by atoms with Gasteiger partial charge in [-0.2, -0.15) is 0 Å². The van der Waals surface area contributed by atoms with Crippen molar-refractivity contribution in [3.05, 3.63) is 46.1 Å². The van der Waals surface area contributed by atoms with Crippen molar-refractivity contribution < 1.29 is 22.3 Å². The SMILES string of the molecule is COC(=O)c1c(NS(=O)(=O)c2ccc(F)cc2)sc2c1CCNC2. The number of methoxy groups -OCH3 is 1. The van der Waals surface area contributed by atoms with Gasteiger partial charge >= 0.3 is 5.97 Å². The Morgan fingerprint density at radius 1 is 1.33 bits per heavy atom. The van der Waals surface area contributed by atoms with Gasteiger partial charge in [-0.15, -0.1) is 11.3 Å². The average Bonchev–Trinajstić information content (AvgIpc) is 2.91. The van der Waals surface area contributed by atoms with Crippen LogP contribution in [0.5, 0.6) is 0 Å². The van der Waals surface area contributed by atoms with E-state index in [0.29, 0.717) is 19.5 Å². The summed E-state index contributed by atoms with van der Waals surface area (Å²) in [5.74, 6) is -1.10. The maximum absolute atomic E-state index is 13.0. The van der Waals surface area contributed by atoms with Gasteiger partial charge in [-0.3, -0.25) is 4.72 Å². The first-order valence-corrected chi connectivity index (χ1v) is 9.44. The number of carbonyl (C=O) groups is 1. The Morgan fingerprint density at radius 3 is 2.71 bits per heavy atom. The second kappa shape index (κ2) is 6.50. The van der Waals surface area contributed by atoms with E-state index in [1.54, 1.807) is 0 Å². The van der Waals surface area contributed by atoms with Crippen molar-refractivity contribution in [2.75, 3.05) is 18.4 Å². The summed E-state index contributed by atoms with van der Waals surface area (Å²) >= 11 is 1.20. The van der Waals surface area contributed by atoms with Crippen LogP contribution in [0, 0.1) is 5.82 Å². The predicted octanol–water partition coefficient (Wildman–Crippen LogP) is 2.12. The largest absolute Gasteiger partial charge is 0.465 e. The first kappa shape index (κ1) is 16.9. The first-order chi connectivity index (χ1) is 11.4. The molecule has 2 heterocycles. The third kappa shape index (κ3) is 3.14. The van der Waals surface area contributed by atoms with E-state index in [1.807, 2.05) is 0 Å². The molecule has 0 radical (unpaired) electrons. The van der Waals surface area contributed by atoms with Gasteiger partial charge in [0, 0.05) is 11.4 Å². The number of nitrogens with one attached hydrogen (secondary N) is 2. The number of halogens is 1. The first-order valence-electron chi connectivity index (χ1n) is 7.14. The highest BCUT2D eigenvalue weighted by Gasteiger charge is 2.28. The van der Waals surface area contributed by atoms with Crippen molar-refractivity contribution in [1.29, 1.82) is 0 Å². The van der Waals surface area contributed by atoms with Gasteiger partial charge in [0.25, 0.3) is 10.0 Å². The van der Waals surface area contributed by atoms with Gasteiger partial charge in [0.15, 0.2) is 0 Å². The van der Waals surface area contributed by atoms with Crippen LogP contribution in [0.1, 0.15) is 20.8 Å². The van der Waals surface area contributed by atoms with Crippen molar-refractivity contribution in [3.63, 3.8) is 0 Å². The molecule has 24 heavy (non-hydrogen) atoms. The normalized spacial score (nSPS) is 14.1. The zero-order valence-electron chi connectivity index (χ0n) is 12.8. The maximum atomic E-state index is 13.0. The molecule has 0 saturated heterocycles. The van der Waals surface area contributed by atoms with Crippen LogP contribution in [-0.2, 0) is 27.7 Å². The minimum atomic E-state index is -3.93. The summed E-state index contributed by atoms with van der Waals surface area (Å²) < 4.78 is 45.2.